The van der Waals surface area contributed by atoms with E-state index in [1.807, 2.05) is 38.1 Å². The molecule has 2 N–H and O–H groups in total. The maximum absolute atomic E-state index is 9.95. The molecule has 0 radical (unpaired) electrons. The lowest BCUT2D eigenvalue weighted by Crippen LogP contribution is -2.20. The Morgan fingerprint density at radius 2 is 2.29 bits per heavy atom. The van der Waals surface area contributed by atoms with E-state index in [0.29, 0.717) is 5.75 Å². The van der Waals surface area contributed by atoms with Crippen LogP contribution in [0.15, 0.2) is 28.6 Å². The van der Waals surface area contributed by atoms with Gasteiger partial charge in [0.25, 0.3) is 0 Å². The van der Waals surface area contributed by atoms with Crippen molar-refractivity contribution in [3.8, 4) is 5.75 Å². The summed E-state index contributed by atoms with van der Waals surface area (Å²) in [5.41, 5.74) is 1.14. The molecular formula is C14H19N3O2S2. The van der Waals surface area contributed by atoms with E-state index in [-0.39, 0.29) is 6.61 Å². The zero-order valence-corrected chi connectivity index (χ0v) is 13.7. The summed E-state index contributed by atoms with van der Waals surface area (Å²) in [6.07, 6.45) is -0.540. The van der Waals surface area contributed by atoms with Crippen LogP contribution in [0.1, 0.15) is 12.5 Å². The van der Waals surface area contributed by atoms with Gasteiger partial charge in [-0.25, -0.2) is 0 Å². The Bertz CT molecular complexity index is 563. The van der Waals surface area contributed by atoms with Crippen molar-refractivity contribution < 1.29 is 9.84 Å². The highest BCUT2D eigenvalue weighted by molar-refractivity contribution is 8.01. The third kappa shape index (κ3) is 5.53. The van der Waals surface area contributed by atoms with Gasteiger partial charge in [0.05, 0.1) is 6.10 Å². The molecule has 0 aliphatic rings. The number of rotatable bonds is 8. The average molecular weight is 325 g/mol. The summed E-state index contributed by atoms with van der Waals surface area (Å²) in [6.45, 7) is 5.12. The number of aliphatic hydroxyl groups is 1. The lowest BCUT2D eigenvalue weighted by molar-refractivity contribution is 0.126. The van der Waals surface area contributed by atoms with E-state index >= 15 is 0 Å². The van der Waals surface area contributed by atoms with Crippen LogP contribution in [0.25, 0.3) is 0 Å². The summed E-state index contributed by atoms with van der Waals surface area (Å²) in [6, 6.07) is 7.79. The Balaban J connectivity index is 1.72. The molecule has 0 spiro atoms. The van der Waals surface area contributed by atoms with E-state index in [0.717, 1.165) is 27.3 Å². The second kappa shape index (κ2) is 8.21. The van der Waals surface area contributed by atoms with E-state index < -0.39 is 6.10 Å². The normalized spacial score (nSPS) is 12.1. The molecule has 0 amide bonds. The second-order valence-electron chi connectivity index (χ2n) is 4.50. The van der Waals surface area contributed by atoms with Crippen molar-refractivity contribution in [1.29, 1.82) is 0 Å². The Morgan fingerprint density at radius 1 is 1.43 bits per heavy atom. The van der Waals surface area contributed by atoms with Crippen molar-refractivity contribution in [1.82, 2.24) is 10.2 Å². The minimum atomic E-state index is -0.540. The highest BCUT2D eigenvalue weighted by atomic mass is 32.2. The van der Waals surface area contributed by atoms with Crippen LogP contribution in [0, 0.1) is 6.92 Å². The van der Waals surface area contributed by atoms with Crippen molar-refractivity contribution in [2.75, 3.05) is 24.2 Å². The van der Waals surface area contributed by atoms with Gasteiger partial charge in [0.1, 0.15) is 12.4 Å². The molecule has 21 heavy (non-hydrogen) atoms. The lowest BCUT2D eigenvalue weighted by Gasteiger charge is -2.11. The van der Waals surface area contributed by atoms with Gasteiger partial charge < -0.3 is 15.2 Å². The first-order valence-electron chi connectivity index (χ1n) is 6.75. The summed E-state index contributed by atoms with van der Waals surface area (Å²) in [5.74, 6) is 1.32. The molecule has 114 valence electrons. The summed E-state index contributed by atoms with van der Waals surface area (Å²) < 4.78 is 6.42. The van der Waals surface area contributed by atoms with Crippen molar-refractivity contribution in [3.05, 3.63) is 29.8 Å². The number of nitrogens with zero attached hydrogens (tertiary/aromatic N) is 2. The van der Waals surface area contributed by atoms with Crippen LogP contribution >= 0.6 is 23.1 Å². The summed E-state index contributed by atoms with van der Waals surface area (Å²) in [5, 5.41) is 21.9. The molecule has 0 fully saturated rings. The van der Waals surface area contributed by atoms with Gasteiger partial charge >= 0.3 is 0 Å². The largest absolute Gasteiger partial charge is 0.491 e. The number of thioether (sulfide) groups is 1. The molecule has 5 nitrogen and oxygen atoms in total. The Morgan fingerprint density at radius 3 is 3.05 bits per heavy atom. The van der Waals surface area contributed by atoms with Crippen LogP contribution in [-0.2, 0) is 0 Å². The SMILES string of the molecule is CCNc1nnc(SCC(O)COc2cccc(C)c2)s1. The molecule has 1 heterocycles. The molecule has 0 aliphatic heterocycles. The minimum Gasteiger partial charge on any atom is -0.491 e. The molecule has 1 atom stereocenters. The topological polar surface area (TPSA) is 67.3 Å². The molecule has 0 saturated heterocycles. The predicted molar refractivity (Wildman–Crippen MR) is 87.5 cm³/mol. The van der Waals surface area contributed by atoms with Crippen LogP contribution in [0.5, 0.6) is 5.75 Å². The van der Waals surface area contributed by atoms with Gasteiger partial charge in [-0.2, -0.15) is 0 Å². The molecule has 7 heteroatoms. The molecule has 2 rings (SSSR count). The second-order valence-corrected chi connectivity index (χ2v) is 6.74. The van der Waals surface area contributed by atoms with Gasteiger partial charge in [0.15, 0.2) is 4.34 Å². The zero-order valence-electron chi connectivity index (χ0n) is 12.1. The number of aromatic nitrogens is 2. The van der Waals surface area contributed by atoms with Gasteiger partial charge in [-0.05, 0) is 31.5 Å². The molecule has 0 bridgehead atoms. The first kappa shape index (κ1) is 16.1. The fourth-order valence-electron chi connectivity index (χ4n) is 1.60. The number of aryl methyl sites for hydroxylation is 1. The van der Waals surface area contributed by atoms with Crippen LogP contribution < -0.4 is 10.1 Å². The van der Waals surface area contributed by atoms with E-state index in [9.17, 15) is 5.11 Å². The van der Waals surface area contributed by atoms with E-state index in [1.165, 1.54) is 23.1 Å². The highest BCUT2D eigenvalue weighted by Crippen LogP contribution is 2.25. The third-order valence-electron chi connectivity index (χ3n) is 2.57. The standard InChI is InChI=1S/C14H19N3O2S2/c1-3-15-13-16-17-14(21-13)20-9-11(18)8-19-12-6-4-5-10(2)7-12/h4-7,11,18H,3,8-9H2,1-2H3,(H,15,16). The fraction of sp³-hybridized carbons (Fsp3) is 0.429. The first-order valence-corrected chi connectivity index (χ1v) is 8.55. The zero-order chi connectivity index (χ0) is 15.1. The van der Waals surface area contributed by atoms with Gasteiger partial charge in [-0.1, -0.05) is 35.2 Å². The molecular weight excluding hydrogens is 306 g/mol. The van der Waals surface area contributed by atoms with Gasteiger partial charge in [0.2, 0.25) is 5.13 Å². The van der Waals surface area contributed by atoms with Crippen molar-refractivity contribution in [2.24, 2.45) is 0 Å². The summed E-state index contributed by atoms with van der Waals surface area (Å²) in [7, 11) is 0. The molecule has 1 unspecified atom stereocenters. The number of nitrogens with one attached hydrogen (secondary N) is 1. The van der Waals surface area contributed by atoms with Gasteiger partial charge in [-0.3, -0.25) is 0 Å². The first-order chi connectivity index (χ1) is 10.2. The lowest BCUT2D eigenvalue weighted by atomic mass is 10.2. The van der Waals surface area contributed by atoms with Crippen molar-refractivity contribution in [3.63, 3.8) is 0 Å². The number of hydrogen-bond donors (Lipinski definition) is 2. The van der Waals surface area contributed by atoms with E-state index in [2.05, 4.69) is 15.5 Å². The summed E-state index contributed by atoms with van der Waals surface area (Å²) in [4.78, 5) is 0. The van der Waals surface area contributed by atoms with E-state index in [4.69, 9.17) is 4.74 Å². The molecule has 1 aromatic heterocycles. The molecule has 1 aromatic carbocycles. The predicted octanol–water partition coefficient (Wildman–Crippen LogP) is 2.81. The fourth-order valence-corrected chi connectivity index (χ4v) is 3.36. The smallest absolute Gasteiger partial charge is 0.206 e. The molecule has 0 saturated carbocycles. The van der Waals surface area contributed by atoms with Crippen molar-refractivity contribution >= 4 is 28.2 Å². The van der Waals surface area contributed by atoms with Crippen LogP contribution in [0.2, 0.25) is 0 Å². The van der Waals surface area contributed by atoms with E-state index in [1.54, 1.807) is 0 Å². The van der Waals surface area contributed by atoms with Crippen LogP contribution in [-0.4, -0.2) is 40.3 Å². The molecule has 2 aromatic rings. The Hall–Kier alpha value is -1.31. The summed E-state index contributed by atoms with van der Waals surface area (Å²) >= 11 is 2.98. The monoisotopic (exact) mass is 325 g/mol. The Labute approximate surface area is 132 Å². The number of benzene rings is 1. The van der Waals surface area contributed by atoms with Gasteiger partial charge in [0, 0.05) is 12.3 Å². The number of aliphatic hydroxyl groups excluding tert-OH is 1. The maximum atomic E-state index is 9.95. The van der Waals surface area contributed by atoms with Crippen LogP contribution in [0.4, 0.5) is 5.13 Å². The minimum absolute atomic E-state index is 0.273. The van der Waals surface area contributed by atoms with Gasteiger partial charge in [-0.15, -0.1) is 10.2 Å². The number of anilines is 1. The maximum Gasteiger partial charge on any atom is 0.206 e. The van der Waals surface area contributed by atoms with Crippen molar-refractivity contribution in [2.45, 2.75) is 24.3 Å². The highest BCUT2D eigenvalue weighted by Gasteiger charge is 2.10. The number of hydrogen-bond acceptors (Lipinski definition) is 7. The quantitative estimate of drug-likeness (QED) is 0.728. The third-order valence-corrected chi connectivity index (χ3v) is 4.72. The Kier molecular flexibility index (Phi) is 6.28. The molecule has 0 aliphatic carbocycles. The average Bonchev–Trinajstić information content (AvgIpc) is 2.91. The van der Waals surface area contributed by atoms with Crippen LogP contribution in [0.3, 0.4) is 0 Å². The number of ether oxygens (including phenoxy) is 1.